The molecule has 0 aromatic carbocycles. The standard InChI is InChI=1S/C12H17N3O3S/c1-7(11-15-9(6-19-11)12(17)18)14-10(16)8-2-4-13-5-3-8/h6-8,13H,2-5H2,1H3,(H,14,16)(H,17,18). The number of rotatable bonds is 4. The van der Waals surface area contributed by atoms with Gasteiger partial charge in [-0.1, -0.05) is 0 Å². The summed E-state index contributed by atoms with van der Waals surface area (Å²) in [4.78, 5) is 26.8. The highest BCUT2D eigenvalue weighted by molar-refractivity contribution is 7.09. The van der Waals surface area contributed by atoms with Crippen LogP contribution in [0.3, 0.4) is 0 Å². The Kier molecular flexibility index (Phi) is 4.49. The van der Waals surface area contributed by atoms with Gasteiger partial charge in [-0.05, 0) is 32.9 Å². The van der Waals surface area contributed by atoms with Crippen molar-refractivity contribution in [2.24, 2.45) is 5.92 Å². The lowest BCUT2D eigenvalue weighted by Crippen LogP contribution is -2.39. The SMILES string of the molecule is CC(NC(=O)C1CCNCC1)c1nc(C(=O)O)cs1. The predicted octanol–water partition coefficient (Wildman–Crippen LogP) is 1.02. The summed E-state index contributed by atoms with van der Waals surface area (Å²) in [5.74, 6) is -0.969. The molecule has 1 atom stereocenters. The highest BCUT2D eigenvalue weighted by atomic mass is 32.1. The molecule has 3 N–H and O–H groups in total. The first-order valence-corrected chi connectivity index (χ1v) is 7.15. The minimum Gasteiger partial charge on any atom is -0.476 e. The molecule has 1 aromatic rings. The molecule has 0 radical (unpaired) electrons. The van der Waals surface area contributed by atoms with E-state index in [-0.39, 0.29) is 23.6 Å². The Balaban J connectivity index is 1.93. The lowest BCUT2D eigenvalue weighted by atomic mass is 9.97. The zero-order valence-corrected chi connectivity index (χ0v) is 11.5. The molecule has 6 nitrogen and oxygen atoms in total. The number of aromatic carboxylic acids is 1. The van der Waals surface area contributed by atoms with Crippen molar-refractivity contribution in [3.05, 3.63) is 16.1 Å². The van der Waals surface area contributed by atoms with Gasteiger partial charge in [0.1, 0.15) is 5.01 Å². The van der Waals surface area contributed by atoms with E-state index in [0.29, 0.717) is 5.01 Å². The molecule has 1 unspecified atom stereocenters. The van der Waals surface area contributed by atoms with Crippen LogP contribution in [0.1, 0.15) is 41.3 Å². The number of aromatic nitrogens is 1. The molecule has 1 fully saturated rings. The van der Waals surface area contributed by atoms with E-state index in [1.165, 1.54) is 16.7 Å². The van der Waals surface area contributed by atoms with Gasteiger partial charge in [0.25, 0.3) is 0 Å². The number of carboxylic acids is 1. The van der Waals surface area contributed by atoms with Gasteiger partial charge in [0.2, 0.25) is 5.91 Å². The van der Waals surface area contributed by atoms with E-state index in [1.54, 1.807) is 0 Å². The second-order valence-corrected chi connectivity index (χ2v) is 5.52. The fraction of sp³-hybridized carbons (Fsp3) is 0.583. The predicted molar refractivity (Wildman–Crippen MR) is 71.2 cm³/mol. The van der Waals surface area contributed by atoms with Crippen LogP contribution in [0.2, 0.25) is 0 Å². The minimum absolute atomic E-state index is 0.0288. The maximum atomic E-state index is 12.0. The van der Waals surface area contributed by atoms with E-state index in [4.69, 9.17) is 5.11 Å². The van der Waals surface area contributed by atoms with Crippen molar-refractivity contribution in [3.8, 4) is 0 Å². The number of carbonyl (C=O) groups is 2. The molecular weight excluding hydrogens is 266 g/mol. The number of carbonyl (C=O) groups excluding carboxylic acids is 1. The van der Waals surface area contributed by atoms with Gasteiger partial charge in [-0.25, -0.2) is 9.78 Å². The number of piperidine rings is 1. The molecule has 7 heteroatoms. The number of nitrogens with one attached hydrogen (secondary N) is 2. The molecule has 1 aromatic heterocycles. The molecule has 0 aliphatic carbocycles. The van der Waals surface area contributed by atoms with E-state index >= 15 is 0 Å². The topological polar surface area (TPSA) is 91.3 Å². The number of carboxylic acid groups (broad SMARTS) is 1. The highest BCUT2D eigenvalue weighted by Gasteiger charge is 2.23. The molecule has 0 saturated carbocycles. The summed E-state index contributed by atoms with van der Waals surface area (Å²) in [5, 5.41) is 17.1. The van der Waals surface area contributed by atoms with Crippen molar-refractivity contribution in [1.82, 2.24) is 15.6 Å². The summed E-state index contributed by atoms with van der Waals surface area (Å²) >= 11 is 1.26. The van der Waals surface area contributed by atoms with Crippen molar-refractivity contribution >= 4 is 23.2 Å². The monoisotopic (exact) mass is 283 g/mol. The Morgan fingerprint density at radius 2 is 2.21 bits per heavy atom. The second kappa shape index (κ2) is 6.12. The van der Waals surface area contributed by atoms with Gasteiger partial charge in [-0.2, -0.15) is 0 Å². The van der Waals surface area contributed by atoms with Crippen LogP contribution in [-0.4, -0.2) is 35.1 Å². The maximum absolute atomic E-state index is 12.0. The van der Waals surface area contributed by atoms with E-state index < -0.39 is 5.97 Å². The fourth-order valence-corrected chi connectivity index (χ4v) is 2.86. The molecular formula is C12H17N3O3S. The van der Waals surface area contributed by atoms with Gasteiger partial charge in [-0.3, -0.25) is 4.79 Å². The summed E-state index contributed by atoms with van der Waals surface area (Å²) in [6.07, 6.45) is 1.69. The molecule has 1 amide bonds. The zero-order valence-electron chi connectivity index (χ0n) is 10.7. The van der Waals surface area contributed by atoms with Crippen molar-refractivity contribution in [2.45, 2.75) is 25.8 Å². The molecule has 1 aliphatic rings. The quantitative estimate of drug-likeness (QED) is 0.767. The molecule has 1 aliphatic heterocycles. The summed E-state index contributed by atoms with van der Waals surface area (Å²) in [7, 11) is 0. The molecule has 2 heterocycles. The maximum Gasteiger partial charge on any atom is 0.355 e. The van der Waals surface area contributed by atoms with E-state index in [0.717, 1.165) is 25.9 Å². The van der Waals surface area contributed by atoms with Crippen LogP contribution >= 0.6 is 11.3 Å². The molecule has 2 rings (SSSR count). The molecule has 1 saturated heterocycles. The Bertz CT molecular complexity index is 469. The Hall–Kier alpha value is -1.47. The average molecular weight is 283 g/mol. The van der Waals surface area contributed by atoms with Crippen LogP contribution in [0.4, 0.5) is 0 Å². The van der Waals surface area contributed by atoms with Crippen molar-refractivity contribution in [1.29, 1.82) is 0 Å². The third-order valence-electron chi connectivity index (χ3n) is 3.18. The van der Waals surface area contributed by atoms with Crippen molar-refractivity contribution in [3.63, 3.8) is 0 Å². The van der Waals surface area contributed by atoms with Crippen LogP contribution in [-0.2, 0) is 4.79 Å². The normalized spacial score (nSPS) is 17.9. The summed E-state index contributed by atoms with van der Waals surface area (Å²) in [5.41, 5.74) is 0.0305. The Morgan fingerprint density at radius 1 is 1.53 bits per heavy atom. The molecule has 19 heavy (non-hydrogen) atoms. The smallest absolute Gasteiger partial charge is 0.355 e. The van der Waals surface area contributed by atoms with Gasteiger partial charge >= 0.3 is 5.97 Å². The third kappa shape index (κ3) is 3.51. The lowest BCUT2D eigenvalue weighted by molar-refractivity contribution is -0.126. The van der Waals surface area contributed by atoms with Crippen LogP contribution in [0.25, 0.3) is 0 Å². The first kappa shape index (κ1) is 14.0. The summed E-state index contributed by atoms with van der Waals surface area (Å²) in [6.45, 7) is 3.56. The average Bonchev–Trinajstić information content (AvgIpc) is 2.89. The van der Waals surface area contributed by atoms with Crippen LogP contribution in [0.5, 0.6) is 0 Å². The van der Waals surface area contributed by atoms with Gasteiger partial charge in [0, 0.05) is 11.3 Å². The Morgan fingerprint density at radius 3 is 2.79 bits per heavy atom. The van der Waals surface area contributed by atoms with E-state index in [9.17, 15) is 9.59 Å². The van der Waals surface area contributed by atoms with Gasteiger partial charge in [0.05, 0.1) is 6.04 Å². The summed E-state index contributed by atoms with van der Waals surface area (Å²) < 4.78 is 0. The highest BCUT2D eigenvalue weighted by Crippen LogP contribution is 2.20. The third-order valence-corrected chi connectivity index (χ3v) is 4.21. The number of hydrogen-bond acceptors (Lipinski definition) is 5. The largest absolute Gasteiger partial charge is 0.476 e. The number of hydrogen-bond donors (Lipinski definition) is 3. The van der Waals surface area contributed by atoms with Crippen molar-refractivity contribution in [2.75, 3.05) is 13.1 Å². The van der Waals surface area contributed by atoms with Crippen molar-refractivity contribution < 1.29 is 14.7 Å². The number of thiazole rings is 1. The molecule has 104 valence electrons. The zero-order chi connectivity index (χ0) is 13.8. The molecule has 0 bridgehead atoms. The lowest BCUT2D eigenvalue weighted by Gasteiger charge is -2.23. The Labute approximate surface area is 115 Å². The van der Waals surface area contributed by atoms with Crippen LogP contribution in [0.15, 0.2) is 5.38 Å². The van der Waals surface area contributed by atoms with Gasteiger partial charge in [0.15, 0.2) is 5.69 Å². The van der Waals surface area contributed by atoms with Gasteiger partial charge in [-0.15, -0.1) is 11.3 Å². The van der Waals surface area contributed by atoms with E-state index in [2.05, 4.69) is 15.6 Å². The van der Waals surface area contributed by atoms with E-state index in [1.807, 2.05) is 6.92 Å². The summed E-state index contributed by atoms with van der Waals surface area (Å²) in [6, 6.07) is -0.250. The van der Waals surface area contributed by atoms with Gasteiger partial charge < -0.3 is 15.7 Å². The second-order valence-electron chi connectivity index (χ2n) is 4.63. The number of amides is 1. The molecule has 0 spiro atoms. The first-order valence-electron chi connectivity index (χ1n) is 6.27. The fourth-order valence-electron chi connectivity index (χ4n) is 2.06. The number of nitrogens with zero attached hydrogens (tertiary/aromatic N) is 1. The minimum atomic E-state index is -1.04. The first-order chi connectivity index (χ1) is 9.08. The van der Waals surface area contributed by atoms with Crippen LogP contribution < -0.4 is 10.6 Å². The van der Waals surface area contributed by atoms with Crippen LogP contribution in [0, 0.1) is 5.92 Å².